The monoisotopic (exact) mass is 275 g/mol. The predicted molar refractivity (Wildman–Crippen MR) is 79.6 cm³/mol. The third kappa shape index (κ3) is 2.99. The maximum atomic E-state index is 11.8. The van der Waals surface area contributed by atoms with Crippen LogP contribution >= 0.6 is 0 Å². The van der Waals surface area contributed by atoms with Gasteiger partial charge in [0.15, 0.2) is 5.58 Å². The number of fused-ring (bicyclic) bond motifs is 1. The number of oxazole rings is 1. The normalized spacial score (nSPS) is 13.4. The third-order valence-electron chi connectivity index (χ3n) is 3.10. The van der Waals surface area contributed by atoms with E-state index in [9.17, 15) is 4.79 Å². The van der Waals surface area contributed by atoms with Crippen LogP contribution in [0.25, 0.3) is 11.1 Å². The number of carbonyl (C=O) groups excluding carboxylic acids is 1. The van der Waals surface area contributed by atoms with E-state index in [0.717, 1.165) is 11.1 Å². The Morgan fingerprint density at radius 2 is 2.15 bits per heavy atom. The topological polar surface area (TPSA) is 81.2 Å². The lowest BCUT2D eigenvalue weighted by Gasteiger charge is -2.11. The zero-order valence-corrected chi connectivity index (χ0v) is 12.4. The van der Waals surface area contributed by atoms with E-state index >= 15 is 0 Å². The second-order valence-electron chi connectivity index (χ2n) is 6.08. The van der Waals surface area contributed by atoms with Crippen LogP contribution < -0.4 is 11.1 Å². The van der Waals surface area contributed by atoms with Crippen LogP contribution in [-0.2, 0) is 10.2 Å². The first-order valence-electron chi connectivity index (χ1n) is 6.73. The van der Waals surface area contributed by atoms with Crippen molar-refractivity contribution in [3.05, 3.63) is 24.1 Å². The van der Waals surface area contributed by atoms with Crippen LogP contribution in [0.3, 0.4) is 0 Å². The van der Waals surface area contributed by atoms with Gasteiger partial charge in [-0.2, -0.15) is 0 Å². The highest BCUT2D eigenvalue weighted by atomic mass is 16.3. The Morgan fingerprint density at radius 1 is 1.45 bits per heavy atom. The molecule has 1 aromatic heterocycles. The Morgan fingerprint density at radius 3 is 2.75 bits per heavy atom. The van der Waals surface area contributed by atoms with Gasteiger partial charge in [-0.1, -0.05) is 27.7 Å². The minimum Gasteiger partial charge on any atom is -0.440 e. The largest absolute Gasteiger partial charge is 0.440 e. The maximum absolute atomic E-state index is 11.8. The average molecular weight is 275 g/mol. The van der Waals surface area contributed by atoms with Gasteiger partial charge in [0.2, 0.25) is 11.8 Å². The minimum atomic E-state index is -0.215. The van der Waals surface area contributed by atoms with Crippen LogP contribution in [0.1, 0.15) is 33.6 Å². The zero-order chi connectivity index (χ0) is 14.9. The molecule has 0 saturated carbocycles. The van der Waals surface area contributed by atoms with Crippen molar-refractivity contribution in [2.75, 3.05) is 11.9 Å². The van der Waals surface area contributed by atoms with Crippen molar-refractivity contribution in [3.63, 3.8) is 0 Å². The summed E-state index contributed by atoms with van der Waals surface area (Å²) in [6.07, 6.45) is 0. The van der Waals surface area contributed by atoms with E-state index < -0.39 is 0 Å². The van der Waals surface area contributed by atoms with Gasteiger partial charge in [0.1, 0.15) is 5.52 Å². The molecular weight excluding hydrogens is 254 g/mol. The molecule has 0 aliphatic heterocycles. The van der Waals surface area contributed by atoms with Crippen LogP contribution in [0.15, 0.2) is 22.6 Å². The Bertz CT molecular complexity index is 626. The predicted octanol–water partition coefficient (Wildman–Crippen LogP) is 2.66. The van der Waals surface area contributed by atoms with Crippen LogP contribution in [0, 0.1) is 5.92 Å². The van der Waals surface area contributed by atoms with Gasteiger partial charge in [-0.15, -0.1) is 0 Å². The molecule has 0 aliphatic carbocycles. The van der Waals surface area contributed by atoms with Gasteiger partial charge in [-0.25, -0.2) is 4.98 Å². The fraction of sp³-hybridized carbons (Fsp3) is 0.467. The molecule has 1 heterocycles. The van der Waals surface area contributed by atoms with Crippen molar-refractivity contribution >= 4 is 22.7 Å². The Labute approximate surface area is 118 Å². The van der Waals surface area contributed by atoms with Gasteiger partial charge in [0, 0.05) is 23.6 Å². The van der Waals surface area contributed by atoms with Gasteiger partial charge >= 0.3 is 0 Å². The summed E-state index contributed by atoms with van der Waals surface area (Å²) in [6, 6.07) is 5.44. The minimum absolute atomic E-state index is 0.0913. The van der Waals surface area contributed by atoms with Gasteiger partial charge in [-0.05, 0) is 18.2 Å². The fourth-order valence-corrected chi connectivity index (χ4v) is 1.70. The van der Waals surface area contributed by atoms with Crippen LogP contribution in [0.4, 0.5) is 5.69 Å². The standard InChI is InChI=1S/C15H21N3O2/c1-9(8-16)13(19)17-10-5-6-12-11(7-10)18-14(20-12)15(2,3)4/h5-7,9H,8,16H2,1-4H3,(H,17,19). The molecule has 5 nitrogen and oxygen atoms in total. The average Bonchev–Trinajstić information content (AvgIpc) is 2.80. The summed E-state index contributed by atoms with van der Waals surface area (Å²) < 4.78 is 5.72. The molecule has 0 spiro atoms. The lowest BCUT2D eigenvalue weighted by molar-refractivity contribution is -0.119. The molecule has 2 rings (SSSR count). The zero-order valence-electron chi connectivity index (χ0n) is 12.4. The van der Waals surface area contributed by atoms with Crippen molar-refractivity contribution < 1.29 is 9.21 Å². The molecule has 0 radical (unpaired) electrons. The van der Waals surface area contributed by atoms with Crippen molar-refractivity contribution in [2.45, 2.75) is 33.1 Å². The molecule has 20 heavy (non-hydrogen) atoms. The van der Waals surface area contributed by atoms with E-state index in [0.29, 0.717) is 18.1 Å². The number of nitrogens with one attached hydrogen (secondary N) is 1. The number of amides is 1. The molecule has 0 fully saturated rings. The molecule has 3 N–H and O–H groups in total. The van der Waals surface area contributed by atoms with Gasteiger partial charge < -0.3 is 15.5 Å². The molecule has 0 bridgehead atoms. The number of anilines is 1. The van der Waals surface area contributed by atoms with E-state index in [4.69, 9.17) is 10.2 Å². The number of aromatic nitrogens is 1. The highest BCUT2D eigenvalue weighted by molar-refractivity contribution is 5.94. The number of nitrogens with zero attached hydrogens (tertiary/aromatic N) is 1. The SMILES string of the molecule is CC(CN)C(=O)Nc1ccc2oc(C(C)(C)C)nc2c1. The van der Waals surface area contributed by atoms with E-state index in [1.165, 1.54) is 0 Å². The van der Waals surface area contributed by atoms with E-state index in [-0.39, 0.29) is 17.2 Å². The lowest BCUT2D eigenvalue weighted by Crippen LogP contribution is -2.26. The van der Waals surface area contributed by atoms with Crippen LogP contribution in [-0.4, -0.2) is 17.4 Å². The molecule has 1 unspecified atom stereocenters. The molecule has 2 aromatic rings. The summed E-state index contributed by atoms with van der Waals surface area (Å²) in [4.78, 5) is 16.3. The molecule has 1 amide bonds. The number of benzene rings is 1. The highest BCUT2D eigenvalue weighted by Crippen LogP contribution is 2.27. The summed E-state index contributed by atoms with van der Waals surface area (Å²) in [5.41, 5.74) is 7.51. The molecular formula is C15H21N3O2. The summed E-state index contributed by atoms with van der Waals surface area (Å²) >= 11 is 0. The lowest BCUT2D eigenvalue weighted by atomic mass is 9.97. The number of hydrogen-bond donors (Lipinski definition) is 2. The second-order valence-corrected chi connectivity index (χ2v) is 6.08. The number of nitrogens with two attached hydrogens (primary N) is 1. The van der Waals surface area contributed by atoms with Crippen LogP contribution in [0.5, 0.6) is 0 Å². The van der Waals surface area contributed by atoms with E-state index in [1.54, 1.807) is 13.0 Å². The highest BCUT2D eigenvalue weighted by Gasteiger charge is 2.21. The van der Waals surface area contributed by atoms with E-state index in [2.05, 4.69) is 10.3 Å². The number of hydrogen-bond acceptors (Lipinski definition) is 4. The summed E-state index contributed by atoms with van der Waals surface area (Å²) in [5, 5.41) is 2.83. The quantitative estimate of drug-likeness (QED) is 0.902. The van der Waals surface area contributed by atoms with Gasteiger partial charge in [0.25, 0.3) is 0 Å². The smallest absolute Gasteiger partial charge is 0.228 e. The van der Waals surface area contributed by atoms with Crippen molar-refractivity contribution in [3.8, 4) is 0 Å². The Kier molecular flexibility index (Phi) is 3.81. The first kappa shape index (κ1) is 14.5. The molecule has 5 heteroatoms. The van der Waals surface area contributed by atoms with Gasteiger partial charge in [-0.3, -0.25) is 4.79 Å². The number of rotatable bonds is 3. The van der Waals surface area contributed by atoms with Crippen LogP contribution in [0.2, 0.25) is 0 Å². The van der Waals surface area contributed by atoms with E-state index in [1.807, 2.05) is 32.9 Å². The molecule has 0 saturated heterocycles. The molecule has 1 atom stereocenters. The summed E-state index contributed by atoms with van der Waals surface area (Å²) in [6.45, 7) is 8.25. The second kappa shape index (κ2) is 5.25. The molecule has 0 aliphatic rings. The van der Waals surface area contributed by atoms with Gasteiger partial charge in [0.05, 0.1) is 0 Å². The van der Waals surface area contributed by atoms with Crippen molar-refractivity contribution in [1.82, 2.24) is 4.98 Å². The maximum Gasteiger partial charge on any atom is 0.228 e. The first-order valence-corrected chi connectivity index (χ1v) is 6.73. The Hall–Kier alpha value is -1.88. The fourth-order valence-electron chi connectivity index (χ4n) is 1.70. The van der Waals surface area contributed by atoms with Crippen molar-refractivity contribution in [1.29, 1.82) is 0 Å². The molecule has 108 valence electrons. The summed E-state index contributed by atoms with van der Waals surface area (Å²) in [7, 11) is 0. The Balaban J connectivity index is 2.27. The number of carbonyl (C=O) groups is 1. The van der Waals surface area contributed by atoms with Crippen molar-refractivity contribution in [2.24, 2.45) is 11.7 Å². The summed E-state index contributed by atoms with van der Waals surface area (Å²) in [5.74, 6) is 0.380. The first-order chi connectivity index (χ1) is 9.31. The molecule has 1 aromatic carbocycles. The third-order valence-corrected chi connectivity index (χ3v) is 3.10.